The molecule has 2 aromatic heterocycles. The van der Waals surface area contributed by atoms with Crippen molar-refractivity contribution in [1.29, 1.82) is 0 Å². The van der Waals surface area contributed by atoms with E-state index in [1.165, 1.54) is 17.1 Å². The number of halogens is 2. The summed E-state index contributed by atoms with van der Waals surface area (Å²) in [4.78, 5) is 3.85. The normalized spacial score (nSPS) is 11.7. The van der Waals surface area contributed by atoms with Crippen LogP contribution in [0.25, 0.3) is 5.69 Å². The van der Waals surface area contributed by atoms with Gasteiger partial charge in [-0.2, -0.15) is 13.9 Å². The lowest BCUT2D eigenvalue weighted by Crippen LogP contribution is -2.20. The van der Waals surface area contributed by atoms with Crippen LogP contribution in [0.3, 0.4) is 0 Å². The Morgan fingerprint density at radius 1 is 1.33 bits per heavy atom. The monoisotopic (exact) mass is 274 g/mol. The number of alkyl halides is 2. The number of rotatable bonds is 4. The van der Waals surface area contributed by atoms with Gasteiger partial charge >= 0.3 is 5.76 Å². The fraction of sp³-hybridized carbons (Fsp3) is 0.111. The summed E-state index contributed by atoms with van der Waals surface area (Å²) < 4.78 is 49.2. The van der Waals surface area contributed by atoms with Gasteiger partial charge in [-0.1, -0.05) is 0 Å². The number of sulfonamides is 1. The smallest absolute Gasteiger partial charge is 0.276 e. The van der Waals surface area contributed by atoms with E-state index in [2.05, 4.69) is 10.1 Å². The molecule has 6 nitrogen and oxygen atoms in total. The van der Waals surface area contributed by atoms with Crippen LogP contribution in [-0.4, -0.2) is 28.9 Å². The van der Waals surface area contributed by atoms with Gasteiger partial charge in [-0.05, 0) is 12.1 Å². The number of nitrogens with one attached hydrogen (secondary N) is 1. The van der Waals surface area contributed by atoms with Gasteiger partial charge in [0.2, 0.25) is 0 Å². The predicted octanol–water partition coefficient (Wildman–Crippen LogP) is 1.23. The number of anilines is 1. The summed E-state index contributed by atoms with van der Waals surface area (Å²) in [5, 5.41) is 3.83. The summed E-state index contributed by atoms with van der Waals surface area (Å²) in [5.74, 6) is -3.49. The van der Waals surface area contributed by atoms with Crippen LogP contribution < -0.4 is 4.72 Å². The van der Waals surface area contributed by atoms with Gasteiger partial charge in [0.25, 0.3) is 10.0 Å². The van der Waals surface area contributed by atoms with Gasteiger partial charge in [0.05, 0.1) is 30.0 Å². The molecule has 1 N–H and O–H groups in total. The van der Waals surface area contributed by atoms with Crippen molar-refractivity contribution in [1.82, 2.24) is 14.8 Å². The lowest BCUT2D eigenvalue weighted by atomic mass is 10.4. The van der Waals surface area contributed by atoms with Crippen molar-refractivity contribution in [3.05, 3.63) is 36.9 Å². The van der Waals surface area contributed by atoms with Crippen LogP contribution in [0.5, 0.6) is 0 Å². The van der Waals surface area contributed by atoms with Crippen molar-refractivity contribution in [2.24, 2.45) is 0 Å². The molecule has 0 spiro atoms. The van der Waals surface area contributed by atoms with Crippen molar-refractivity contribution in [3.8, 4) is 5.69 Å². The van der Waals surface area contributed by atoms with Gasteiger partial charge in [-0.15, -0.1) is 0 Å². The first-order valence-corrected chi connectivity index (χ1v) is 6.28. The van der Waals surface area contributed by atoms with Crippen molar-refractivity contribution in [3.63, 3.8) is 0 Å². The zero-order valence-electron chi connectivity index (χ0n) is 8.86. The van der Waals surface area contributed by atoms with Crippen LogP contribution in [0.1, 0.15) is 0 Å². The molecule has 0 saturated heterocycles. The summed E-state index contributed by atoms with van der Waals surface area (Å²) in [5.41, 5.74) is 0.541. The maximum atomic E-state index is 12.1. The second-order valence-corrected chi connectivity index (χ2v) is 4.94. The van der Waals surface area contributed by atoms with E-state index >= 15 is 0 Å². The molecular weight excluding hydrogens is 266 g/mol. The summed E-state index contributed by atoms with van der Waals surface area (Å²) in [6.07, 6.45) is 5.47. The lowest BCUT2D eigenvalue weighted by Gasteiger charge is -2.03. The Morgan fingerprint density at radius 3 is 2.72 bits per heavy atom. The Bertz CT molecular complexity index is 627. The molecule has 0 amide bonds. The fourth-order valence-electron chi connectivity index (χ4n) is 1.21. The van der Waals surface area contributed by atoms with E-state index in [-0.39, 0.29) is 5.69 Å². The van der Waals surface area contributed by atoms with Gasteiger partial charge in [0.15, 0.2) is 0 Å². The van der Waals surface area contributed by atoms with Gasteiger partial charge in [-0.25, -0.2) is 13.1 Å². The second-order valence-electron chi connectivity index (χ2n) is 3.29. The molecule has 18 heavy (non-hydrogen) atoms. The van der Waals surface area contributed by atoms with Crippen molar-refractivity contribution in [2.75, 3.05) is 4.72 Å². The molecule has 0 aromatic carbocycles. The minimum atomic E-state index is -4.67. The molecule has 9 heteroatoms. The van der Waals surface area contributed by atoms with E-state index in [1.807, 2.05) is 0 Å². The van der Waals surface area contributed by atoms with Crippen LogP contribution in [-0.2, 0) is 10.0 Å². The van der Waals surface area contributed by atoms with Crippen molar-refractivity contribution < 1.29 is 17.2 Å². The molecule has 0 saturated carbocycles. The standard InChI is InChI=1S/C9H8F2N4O2S/c10-9(11)18(16,17)14-7-4-13-15(6-7)8-2-1-3-12-5-8/h1-6,9,14H. The first kappa shape index (κ1) is 12.4. The Balaban J connectivity index is 2.22. The molecule has 0 atom stereocenters. The Labute approximate surface area is 101 Å². The molecular formula is C9H8F2N4O2S. The fourth-order valence-corrected chi connectivity index (χ4v) is 1.74. The summed E-state index contributed by atoms with van der Waals surface area (Å²) in [6.45, 7) is 0. The summed E-state index contributed by atoms with van der Waals surface area (Å²) in [7, 11) is -4.67. The predicted molar refractivity (Wildman–Crippen MR) is 59.9 cm³/mol. The summed E-state index contributed by atoms with van der Waals surface area (Å²) in [6, 6.07) is 3.35. The molecule has 0 bridgehead atoms. The van der Waals surface area contributed by atoms with Crippen LogP contribution >= 0.6 is 0 Å². The Hall–Kier alpha value is -2.03. The maximum Gasteiger partial charge on any atom is 0.355 e. The molecule has 0 unspecified atom stereocenters. The number of aromatic nitrogens is 3. The van der Waals surface area contributed by atoms with Gasteiger partial charge in [-0.3, -0.25) is 9.71 Å². The van der Waals surface area contributed by atoms with Crippen LogP contribution in [0.4, 0.5) is 14.5 Å². The molecule has 0 aliphatic rings. The van der Waals surface area contributed by atoms with Gasteiger partial charge in [0.1, 0.15) is 0 Å². The number of hydrogen-bond acceptors (Lipinski definition) is 4. The third-order valence-corrected chi connectivity index (χ3v) is 2.98. The van der Waals surface area contributed by atoms with Crippen LogP contribution in [0.15, 0.2) is 36.9 Å². The van der Waals surface area contributed by atoms with Gasteiger partial charge < -0.3 is 0 Å². The highest BCUT2D eigenvalue weighted by Crippen LogP contribution is 2.14. The van der Waals surface area contributed by atoms with E-state index in [9.17, 15) is 17.2 Å². The SMILES string of the molecule is O=S(=O)(Nc1cnn(-c2cccnc2)c1)C(F)F. The zero-order chi connectivity index (χ0) is 13.2. The van der Waals surface area contributed by atoms with E-state index in [0.717, 1.165) is 6.20 Å². The first-order valence-electron chi connectivity index (χ1n) is 4.74. The average molecular weight is 274 g/mol. The number of pyridine rings is 1. The van der Waals surface area contributed by atoms with Crippen molar-refractivity contribution >= 4 is 15.7 Å². The minimum absolute atomic E-state index is 0.0425. The molecule has 0 radical (unpaired) electrons. The lowest BCUT2D eigenvalue weighted by molar-refractivity contribution is 0.236. The van der Waals surface area contributed by atoms with Gasteiger partial charge in [0, 0.05) is 6.20 Å². The average Bonchev–Trinajstić information content (AvgIpc) is 2.78. The highest BCUT2D eigenvalue weighted by Gasteiger charge is 2.24. The molecule has 2 heterocycles. The Kier molecular flexibility index (Phi) is 3.24. The number of nitrogens with zero attached hydrogens (tertiary/aromatic N) is 3. The van der Waals surface area contributed by atoms with E-state index in [1.54, 1.807) is 23.1 Å². The van der Waals surface area contributed by atoms with E-state index < -0.39 is 15.8 Å². The third-order valence-electron chi connectivity index (χ3n) is 1.99. The minimum Gasteiger partial charge on any atom is -0.276 e. The first-order chi connectivity index (χ1) is 8.49. The summed E-state index contributed by atoms with van der Waals surface area (Å²) >= 11 is 0. The molecule has 0 fully saturated rings. The third kappa shape index (κ3) is 2.62. The maximum absolute atomic E-state index is 12.1. The molecule has 96 valence electrons. The van der Waals surface area contributed by atoms with E-state index in [4.69, 9.17) is 0 Å². The van der Waals surface area contributed by atoms with Crippen molar-refractivity contribution in [2.45, 2.75) is 5.76 Å². The number of hydrogen-bond donors (Lipinski definition) is 1. The molecule has 2 rings (SSSR count). The quantitative estimate of drug-likeness (QED) is 0.909. The van der Waals surface area contributed by atoms with Crippen LogP contribution in [0, 0.1) is 0 Å². The second kappa shape index (κ2) is 4.69. The molecule has 0 aliphatic heterocycles. The zero-order valence-corrected chi connectivity index (χ0v) is 9.68. The molecule has 2 aromatic rings. The highest BCUT2D eigenvalue weighted by molar-refractivity contribution is 7.93. The van der Waals surface area contributed by atoms with E-state index in [0.29, 0.717) is 5.69 Å². The topological polar surface area (TPSA) is 76.9 Å². The van der Waals surface area contributed by atoms with Crippen LogP contribution in [0.2, 0.25) is 0 Å². The molecule has 0 aliphatic carbocycles. The highest BCUT2D eigenvalue weighted by atomic mass is 32.2. The largest absolute Gasteiger partial charge is 0.355 e. The Morgan fingerprint density at radius 2 is 2.11 bits per heavy atom.